The van der Waals surface area contributed by atoms with E-state index >= 15 is 0 Å². The van der Waals surface area contributed by atoms with Crippen LogP contribution in [0.25, 0.3) is 0 Å². The number of carboxylic acids is 1. The molecule has 4 aliphatic heterocycles. The first-order valence-corrected chi connectivity index (χ1v) is 39.2. The Bertz CT molecular complexity index is 2460. The number of carboxylic acid groups (broad SMARTS) is 1. The van der Waals surface area contributed by atoms with Crippen molar-refractivity contribution in [3.05, 3.63) is 12.2 Å². The van der Waals surface area contributed by atoms with Crippen LogP contribution >= 0.6 is 0 Å². The van der Waals surface area contributed by atoms with Crippen LogP contribution in [0.3, 0.4) is 0 Å². The fourth-order valence-electron chi connectivity index (χ4n) is 14.6. The summed E-state index contributed by atoms with van der Waals surface area (Å²) in [5.74, 6) is -9.13. The topological polar surface area (TPSA) is 508 Å². The van der Waals surface area contributed by atoms with Gasteiger partial charge in [0.05, 0.1) is 75.7 Å². The Balaban J connectivity index is 1.38. The average Bonchev–Trinajstić information content (AvgIpc) is 0.766. The predicted molar refractivity (Wildman–Crippen MR) is 378 cm³/mol. The molecule has 1 saturated carbocycles. The molecule has 1 aliphatic carbocycles. The third kappa shape index (κ3) is 29.3. The molecular formula is C74H132N2O30. The van der Waals surface area contributed by atoms with Gasteiger partial charge in [0.2, 0.25) is 11.8 Å². The highest BCUT2D eigenvalue weighted by atomic mass is 16.8. The van der Waals surface area contributed by atoms with E-state index in [2.05, 4.69) is 24.5 Å². The number of aliphatic carboxylic acids is 1. The fraction of sp³-hybridized carbons (Fsp3) is 0.919. The van der Waals surface area contributed by atoms with Crippen molar-refractivity contribution < 1.29 is 148 Å². The summed E-state index contributed by atoms with van der Waals surface area (Å²) >= 11 is 0. The Morgan fingerprint density at radius 1 is 0.547 bits per heavy atom. The van der Waals surface area contributed by atoms with Crippen molar-refractivity contribution >= 4 is 23.8 Å². The molecule has 32 nitrogen and oxygen atoms in total. The number of hydrogen-bond acceptors (Lipinski definition) is 29. The number of hydrogen-bond donors (Lipinski definition) is 18. The highest BCUT2D eigenvalue weighted by Crippen LogP contribution is 2.43. The molecule has 5 rings (SSSR count). The number of carbonyl (C=O) groups is 4. The van der Waals surface area contributed by atoms with Crippen molar-refractivity contribution in [2.45, 2.75) is 386 Å². The second-order valence-corrected chi connectivity index (χ2v) is 29.5. The zero-order valence-electron chi connectivity index (χ0n) is 62.7. The number of amides is 2. The van der Waals surface area contributed by atoms with Crippen molar-refractivity contribution in [2.75, 3.05) is 39.6 Å². The molecule has 0 aromatic carbocycles. The van der Waals surface area contributed by atoms with Crippen LogP contribution in [-0.2, 0) is 66.5 Å². The highest BCUT2D eigenvalue weighted by molar-refractivity contribution is 5.77. The first-order valence-electron chi connectivity index (χ1n) is 39.2. The lowest BCUT2D eigenvalue weighted by Crippen LogP contribution is -2.69. The van der Waals surface area contributed by atoms with E-state index in [1.165, 1.54) is 109 Å². The molecule has 0 radical (unpaired) electrons. The van der Waals surface area contributed by atoms with Crippen LogP contribution < -0.4 is 10.6 Å². The van der Waals surface area contributed by atoms with Crippen LogP contribution in [0.5, 0.6) is 0 Å². The molecule has 2 amide bonds. The molecule has 32 heteroatoms. The molecule has 4 heterocycles. The van der Waals surface area contributed by atoms with Gasteiger partial charge in [-0.3, -0.25) is 14.4 Å². The van der Waals surface area contributed by atoms with E-state index in [9.17, 15) is 101 Å². The molecule has 18 N–H and O–H groups in total. The lowest BCUT2D eigenvalue weighted by Gasteiger charge is -2.52. The van der Waals surface area contributed by atoms with Gasteiger partial charge in [0, 0.05) is 45.6 Å². The van der Waals surface area contributed by atoms with Gasteiger partial charge in [-0.15, -0.1) is 0 Å². The highest BCUT2D eigenvalue weighted by Gasteiger charge is 2.62. The second kappa shape index (κ2) is 49.9. The van der Waals surface area contributed by atoms with E-state index in [1.54, 1.807) is 6.08 Å². The summed E-state index contributed by atoms with van der Waals surface area (Å²) in [6.45, 7) is 1.09. The summed E-state index contributed by atoms with van der Waals surface area (Å²) < 4.78 is 60.2. The van der Waals surface area contributed by atoms with Gasteiger partial charge in [-0.25, -0.2) is 4.79 Å². The van der Waals surface area contributed by atoms with E-state index in [1.807, 2.05) is 6.08 Å². The van der Waals surface area contributed by atoms with Gasteiger partial charge in [0.15, 0.2) is 25.0 Å². The van der Waals surface area contributed by atoms with Crippen molar-refractivity contribution in [2.24, 2.45) is 5.92 Å². The number of esters is 1. The maximum absolute atomic E-state index is 13.8. The molecule has 8 unspecified atom stereocenters. The Morgan fingerprint density at radius 3 is 1.61 bits per heavy atom. The monoisotopic (exact) mass is 1530 g/mol. The molecule has 27 atom stereocenters. The maximum atomic E-state index is 13.8. The third-order valence-electron chi connectivity index (χ3n) is 20.9. The number of carbonyl (C=O) groups excluding carboxylic acids is 3. The van der Waals surface area contributed by atoms with Gasteiger partial charge >= 0.3 is 11.9 Å². The lowest BCUT2D eigenvalue weighted by atomic mass is 9.80. The lowest BCUT2D eigenvalue weighted by molar-refractivity contribution is -0.374. The minimum atomic E-state index is -3.32. The van der Waals surface area contributed by atoms with Crippen molar-refractivity contribution in [1.82, 2.24) is 10.6 Å². The number of allylic oxidation sites excluding steroid dienone is 1. The number of nitrogens with one attached hydrogen (secondary N) is 2. The number of ether oxygens (including phenoxy) is 10. The maximum Gasteiger partial charge on any atom is 0.364 e. The van der Waals surface area contributed by atoms with Crippen molar-refractivity contribution in [3.63, 3.8) is 0 Å². The first-order chi connectivity index (χ1) is 50.8. The second-order valence-electron chi connectivity index (χ2n) is 29.5. The van der Waals surface area contributed by atoms with E-state index in [0.717, 1.165) is 65.2 Å². The molecule has 0 spiro atoms. The van der Waals surface area contributed by atoms with Crippen LogP contribution in [-0.4, -0.2) is 304 Å². The zero-order chi connectivity index (χ0) is 77.9. The summed E-state index contributed by atoms with van der Waals surface area (Å²) in [5.41, 5.74) is 0. The van der Waals surface area contributed by atoms with E-state index in [4.69, 9.17) is 47.4 Å². The average molecular weight is 1530 g/mol. The van der Waals surface area contributed by atoms with Gasteiger partial charge in [-0.05, 0) is 25.7 Å². The Labute approximate surface area is 623 Å². The fourth-order valence-corrected chi connectivity index (χ4v) is 14.6. The van der Waals surface area contributed by atoms with Crippen molar-refractivity contribution in [3.8, 4) is 0 Å². The van der Waals surface area contributed by atoms with Crippen LogP contribution in [0.1, 0.15) is 227 Å². The molecular weight excluding hydrogens is 1400 g/mol. The van der Waals surface area contributed by atoms with Crippen LogP contribution in [0.2, 0.25) is 0 Å². The van der Waals surface area contributed by atoms with E-state index < -0.39 is 235 Å². The standard InChI is InChI=1S/C74H132N2O30/c1-5-7-9-11-13-15-17-19-20-22-24-26-28-30-32-34-56(87)76-48(49(84)33-31-29-27-25-23-21-18-16-14-12-10-8-6-2)43-97-71-64(94)62(92)67(55(42-81)103-71)100-53-35-46(38-77)65(69(60(53)90)106-74(73(95)96)37-50(85)66(98-45(4)83)68(105-74)58(88)51(86)40-79)104-70-57(75-44(3)82)52(36-47(39-78)99-70)101-72-63(93)61(91)59(89)54(41-80)102-72/h31,33,46-55,57-72,77-81,84-86,88-94H,5-30,32,34-43H2,1-4H3,(H,75,82)(H,76,87)(H,95,96)/b33-31+/t46-,47+,48?,49-,50?,51-,52+,53-,54-,55?,57?,58-,59+,60?,61+,62?,63-,64-,65+,66-,67-,68?,69-,70+,71?,72-,74+/m1/s1. The Kier molecular flexibility index (Phi) is 43.9. The number of aliphatic hydroxyl groups excluding tert-OH is 15. The smallest absolute Gasteiger partial charge is 0.364 e. The summed E-state index contributed by atoms with van der Waals surface area (Å²) in [7, 11) is 0. The molecule has 0 aromatic rings. The van der Waals surface area contributed by atoms with Gasteiger partial charge in [-0.1, -0.05) is 180 Å². The SMILES string of the molecule is CCCCCCCCCCCCC/C=C/[C@@H](O)C(COC1OC(CO)[C@@H](O[C@@H]2C[C@H](CO)[C@H](O[C@@H]3O[C@H](CO)C[C@H](O[C@@H]4O[C@H](CO)[C@H](O)[C@H](O)[C@H]4O)C3NC(C)=O)[C@H](O[C@]3(C(=O)O)CC(O)[C@@H](OC(C)=O)C([C@H](O)[C@H](O)CO)O3)C2O)C(O)[C@H]1O)NC(=O)CCCCCCCCCCCCCCCCC. The zero-order valence-corrected chi connectivity index (χ0v) is 62.7. The summed E-state index contributed by atoms with van der Waals surface area (Å²) in [6, 6.07) is -2.69. The van der Waals surface area contributed by atoms with Crippen LogP contribution in [0, 0.1) is 5.92 Å². The molecule has 0 aromatic heterocycles. The molecule has 5 aliphatic rings. The van der Waals surface area contributed by atoms with Crippen LogP contribution in [0.15, 0.2) is 12.2 Å². The predicted octanol–water partition coefficient (Wildman–Crippen LogP) is 1.08. The van der Waals surface area contributed by atoms with Gasteiger partial charge in [0.1, 0.15) is 85.4 Å². The Morgan fingerprint density at radius 2 is 1.09 bits per heavy atom. The minimum Gasteiger partial charge on any atom is -0.477 e. The summed E-state index contributed by atoms with van der Waals surface area (Å²) in [4.78, 5) is 52.9. The van der Waals surface area contributed by atoms with E-state index in [0.29, 0.717) is 12.8 Å². The molecule has 0 bridgehead atoms. The molecule has 106 heavy (non-hydrogen) atoms. The molecule has 5 fully saturated rings. The van der Waals surface area contributed by atoms with Gasteiger partial charge in [-0.2, -0.15) is 0 Å². The summed E-state index contributed by atoms with van der Waals surface area (Å²) in [6.07, 6.45) is -11.7. The first kappa shape index (κ1) is 93.3. The van der Waals surface area contributed by atoms with E-state index in [-0.39, 0.29) is 18.7 Å². The normalized spacial score (nSPS) is 34.1. The summed E-state index contributed by atoms with van der Waals surface area (Å²) in [5, 5.41) is 183. The quantitative estimate of drug-likeness (QED) is 0.0230. The number of rotatable bonds is 52. The molecule has 4 saturated heterocycles. The molecule has 618 valence electrons. The third-order valence-corrected chi connectivity index (χ3v) is 20.9. The number of unbranched alkanes of at least 4 members (excludes halogenated alkanes) is 25. The number of aliphatic hydroxyl groups is 15. The minimum absolute atomic E-state index is 0.154. The van der Waals surface area contributed by atoms with Gasteiger partial charge < -0.3 is 140 Å². The Hall–Kier alpha value is -3.34. The van der Waals surface area contributed by atoms with Crippen LogP contribution in [0.4, 0.5) is 0 Å². The van der Waals surface area contributed by atoms with Gasteiger partial charge in [0.25, 0.3) is 5.79 Å². The largest absolute Gasteiger partial charge is 0.477 e. The van der Waals surface area contributed by atoms with Crippen molar-refractivity contribution in [1.29, 1.82) is 0 Å².